The molecule has 1 aliphatic heterocycles. The maximum atomic E-state index is 13.2. The van der Waals surface area contributed by atoms with Gasteiger partial charge in [0.15, 0.2) is 0 Å². The molecule has 1 heterocycles. The van der Waals surface area contributed by atoms with E-state index in [4.69, 9.17) is 0 Å². The second kappa shape index (κ2) is 6.13. The number of amides is 3. The second-order valence-corrected chi connectivity index (χ2v) is 5.97. The zero-order chi connectivity index (χ0) is 18.1. The topological polar surface area (TPSA) is 60.9 Å². The first-order valence-electron chi connectivity index (χ1n) is 8.21. The van der Waals surface area contributed by atoms with Gasteiger partial charge in [-0.25, -0.2) is 9.69 Å². The van der Waals surface area contributed by atoms with Crippen LogP contribution in [0.15, 0.2) is 91.0 Å². The molecule has 1 N–H and O–H groups in total. The van der Waals surface area contributed by atoms with Crippen LogP contribution < -0.4 is 9.80 Å². The number of urea groups is 1. The van der Waals surface area contributed by atoms with E-state index < -0.39 is 17.7 Å². The second-order valence-electron chi connectivity index (χ2n) is 5.97. The first kappa shape index (κ1) is 16.1. The van der Waals surface area contributed by atoms with Crippen molar-refractivity contribution < 1.29 is 14.7 Å². The summed E-state index contributed by atoms with van der Waals surface area (Å²) in [6, 6.07) is 25.2. The lowest BCUT2D eigenvalue weighted by Crippen LogP contribution is -2.47. The lowest BCUT2D eigenvalue weighted by molar-refractivity contribution is -0.133. The Morgan fingerprint density at radius 3 is 1.65 bits per heavy atom. The molecule has 26 heavy (non-hydrogen) atoms. The highest BCUT2D eigenvalue weighted by atomic mass is 16.3. The Bertz CT molecular complexity index is 945. The van der Waals surface area contributed by atoms with E-state index >= 15 is 0 Å². The highest BCUT2D eigenvalue weighted by molar-refractivity contribution is 6.29. The van der Waals surface area contributed by atoms with Crippen LogP contribution in [0.25, 0.3) is 0 Å². The monoisotopic (exact) mass is 344 g/mol. The molecule has 0 radical (unpaired) electrons. The van der Waals surface area contributed by atoms with Crippen molar-refractivity contribution in [1.82, 2.24) is 0 Å². The molecule has 0 bridgehead atoms. The van der Waals surface area contributed by atoms with Crippen LogP contribution in [0.3, 0.4) is 0 Å². The smallest absolute Gasteiger partial charge is 0.339 e. The van der Waals surface area contributed by atoms with Gasteiger partial charge in [-0.15, -0.1) is 0 Å². The Balaban J connectivity index is 1.92. The third kappa shape index (κ3) is 2.29. The number of benzene rings is 3. The number of carbonyl (C=O) groups excluding carboxylic acids is 2. The van der Waals surface area contributed by atoms with Crippen LogP contribution in [-0.4, -0.2) is 17.0 Å². The first-order chi connectivity index (χ1) is 12.6. The average molecular weight is 344 g/mol. The normalized spacial score (nSPS) is 19.9. The molecule has 0 saturated carbocycles. The number of hydrogen-bond acceptors (Lipinski definition) is 3. The van der Waals surface area contributed by atoms with Gasteiger partial charge in [-0.1, -0.05) is 66.7 Å². The Hall–Kier alpha value is -3.44. The van der Waals surface area contributed by atoms with Crippen LogP contribution in [0.2, 0.25) is 0 Å². The van der Waals surface area contributed by atoms with Gasteiger partial charge < -0.3 is 5.11 Å². The van der Waals surface area contributed by atoms with Crippen molar-refractivity contribution in [2.45, 2.75) is 5.72 Å². The number of nitrogens with zero attached hydrogens (tertiary/aromatic N) is 2. The Kier molecular flexibility index (Phi) is 3.78. The van der Waals surface area contributed by atoms with E-state index in [1.54, 1.807) is 84.9 Å². The van der Waals surface area contributed by atoms with Gasteiger partial charge in [0.2, 0.25) is 0 Å². The molecule has 5 nitrogen and oxygen atoms in total. The number of anilines is 2. The van der Waals surface area contributed by atoms with Gasteiger partial charge >= 0.3 is 6.03 Å². The van der Waals surface area contributed by atoms with E-state index in [1.807, 2.05) is 6.07 Å². The Morgan fingerprint density at radius 1 is 0.654 bits per heavy atom. The summed E-state index contributed by atoms with van der Waals surface area (Å²) in [5.41, 5.74) is -0.929. The van der Waals surface area contributed by atoms with Crippen LogP contribution in [0.5, 0.6) is 0 Å². The lowest BCUT2D eigenvalue weighted by atomic mass is 10.0. The molecular formula is C21H16N2O3. The minimum atomic E-state index is -2.12. The van der Waals surface area contributed by atoms with E-state index in [9.17, 15) is 14.7 Å². The van der Waals surface area contributed by atoms with E-state index in [0.717, 1.165) is 9.80 Å². The highest BCUT2D eigenvalue weighted by Gasteiger charge is 2.59. The fourth-order valence-electron chi connectivity index (χ4n) is 3.18. The summed E-state index contributed by atoms with van der Waals surface area (Å²) in [6.07, 6.45) is 0. The highest BCUT2D eigenvalue weighted by Crippen LogP contribution is 2.40. The van der Waals surface area contributed by atoms with E-state index in [2.05, 4.69) is 0 Å². The molecule has 3 aromatic carbocycles. The van der Waals surface area contributed by atoms with Crippen molar-refractivity contribution in [3.05, 3.63) is 96.6 Å². The van der Waals surface area contributed by atoms with Gasteiger partial charge in [0.05, 0.1) is 5.69 Å². The van der Waals surface area contributed by atoms with Crippen molar-refractivity contribution in [3.63, 3.8) is 0 Å². The largest absolute Gasteiger partial charge is 0.359 e. The maximum absolute atomic E-state index is 13.2. The van der Waals surface area contributed by atoms with E-state index in [-0.39, 0.29) is 0 Å². The zero-order valence-electron chi connectivity index (χ0n) is 13.8. The van der Waals surface area contributed by atoms with Crippen molar-refractivity contribution in [2.24, 2.45) is 0 Å². The Labute approximate surface area is 150 Å². The fraction of sp³-hybridized carbons (Fsp3) is 0.0476. The molecular weight excluding hydrogens is 328 g/mol. The van der Waals surface area contributed by atoms with Crippen LogP contribution in [0, 0.1) is 0 Å². The van der Waals surface area contributed by atoms with Crippen LogP contribution in [0.4, 0.5) is 16.2 Å². The van der Waals surface area contributed by atoms with Gasteiger partial charge in [-0.2, -0.15) is 0 Å². The van der Waals surface area contributed by atoms with Gasteiger partial charge in [0.1, 0.15) is 0 Å². The molecule has 0 aromatic heterocycles. The molecule has 128 valence electrons. The molecule has 1 aliphatic rings. The zero-order valence-corrected chi connectivity index (χ0v) is 13.8. The summed E-state index contributed by atoms with van der Waals surface area (Å²) in [5.74, 6) is -0.705. The summed E-state index contributed by atoms with van der Waals surface area (Å²) in [6.45, 7) is 0. The molecule has 1 atom stereocenters. The third-order valence-corrected chi connectivity index (χ3v) is 4.41. The van der Waals surface area contributed by atoms with Gasteiger partial charge in [-0.05, 0) is 24.3 Å². The molecule has 0 aliphatic carbocycles. The van der Waals surface area contributed by atoms with Gasteiger partial charge in [-0.3, -0.25) is 9.69 Å². The number of rotatable bonds is 3. The predicted octanol–water partition coefficient (Wildman–Crippen LogP) is 3.51. The minimum Gasteiger partial charge on any atom is -0.359 e. The van der Waals surface area contributed by atoms with Crippen molar-refractivity contribution in [3.8, 4) is 0 Å². The minimum absolute atomic E-state index is 0.334. The molecule has 1 fully saturated rings. The number of aliphatic hydroxyl groups is 1. The van der Waals surface area contributed by atoms with Gasteiger partial charge in [0.25, 0.3) is 11.6 Å². The summed E-state index contributed by atoms with van der Waals surface area (Å²) in [4.78, 5) is 28.6. The fourth-order valence-corrected chi connectivity index (χ4v) is 3.18. The SMILES string of the molecule is O=C1N(c2ccccc2)C(=O)C(O)(c2ccccc2)N1c1ccccc1. The summed E-state index contributed by atoms with van der Waals surface area (Å²) >= 11 is 0. The van der Waals surface area contributed by atoms with Crippen LogP contribution in [-0.2, 0) is 10.5 Å². The molecule has 3 aromatic rings. The van der Waals surface area contributed by atoms with Crippen molar-refractivity contribution in [2.75, 3.05) is 9.80 Å². The molecule has 5 heteroatoms. The third-order valence-electron chi connectivity index (χ3n) is 4.41. The number of imide groups is 1. The molecule has 3 amide bonds. The van der Waals surface area contributed by atoms with Gasteiger partial charge in [0, 0.05) is 11.3 Å². The Morgan fingerprint density at radius 2 is 1.12 bits per heavy atom. The quantitative estimate of drug-likeness (QED) is 0.740. The number of para-hydroxylation sites is 2. The van der Waals surface area contributed by atoms with Crippen LogP contribution >= 0.6 is 0 Å². The summed E-state index contributed by atoms with van der Waals surface area (Å²) in [7, 11) is 0. The van der Waals surface area contributed by atoms with Crippen molar-refractivity contribution >= 4 is 23.3 Å². The summed E-state index contributed by atoms with van der Waals surface area (Å²) < 4.78 is 0. The lowest BCUT2D eigenvalue weighted by Gasteiger charge is -2.30. The van der Waals surface area contributed by atoms with Crippen molar-refractivity contribution in [1.29, 1.82) is 0 Å². The average Bonchev–Trinajstić information content (AvgIpc) is 2.90. The molecule has 1 unspecified atom stereocenters. The molecule has 0 spiro atoms. The molecule has 1 saturated heterocycles. The maximum Gasteiger partial charge on any atom is 0.339 e. The predicted molar refractivity (Wildman–Crippen MR) is 98.6 cm³/mol. The van der Waals surface area contributed by atoms with Crippen LogP contribution in [0.1, 0.15) is 5.56 Å². The number of hydrogen-bond donors (Lipinski definition) is 1. The summed E-state index contributed by atoms with van der Waals surface area (Å²) in [5, 5.41) is 11.5. The molecule has 4 rings (SSSR count). The first-order valence-corrected chi connectivity index (χ1v) is 8.21. The number of carbonyl (C=O) groups is 2. The standard InChI is InChI=1S/C21H16N2O3/c24-19-21(26,16-10-4-1-5-11-16)23(18-14-8-3-9-15-18)20(25)22(19)17-12-6-2-7-13-17/h1-15,26H. The van der Waals surface area contributed by atoms with E-state index in [1.165, 1.54) is 0 Å². The van der Waals surface area contributed by atoms with E-state index in [0.29, 0.717) is 16.9 Å².